The van der Waals surface area contributed by atoms with E-state index in [0.717, 1.165) is 5.56 Å². The molecule has 2 N–H and O–H groups in total. The Kier molecular flexibility index (Phi) is 5.27. The van der Waals surface area contributed by atoms with Crippen LogP contribution in [0.15, 0.2) is 60.7 Å². The number of rotatable bonds is 8. The summed E-state index contributed by atoms with van der Waals surface area (Å²) < 4.78 is 5.83. The van der Waals surface area contributed by atoms with Crippen molar-refractivity contribution in [1.82, 2.24) is 5.32 Å². The lowest BCUT2D eigenvalue weighted by Crippen LogP contribution is -2.45. The minimum absolute atomic E-state index is 0.184. The summed E-state index contributed by atoms with van der Waals surface area (Å²) in [6, 6.07) is 18.2. The van der Waals surface area contributed by atoms with Gasteiger partial charge in [-0.3, -0.25) is 9.59 Å². The van der Waals surface area contributed by atoms with E-state index in [0.29, 0.717) is 12.0 Å². The monoisotopic (exact) mass is 299 g/mol. The van der Waals surface area contributed by atoms with Crippen LogP contribution in [0.5, 0.6) is 0 Å². The lowest BCUT2D eigenvalue weighted by Gasteiger charge is -2.32. The first-order chi connectivity index (χ1) is 10.7. The number of carbonyl (C=O) groups excluding carboxylic acids is 1. The predicted octanol–water partition coefficient (Wildman–Crippen LogP) is 2.28. The Labute approximate surface area is 128 Å². The van der Waals surface area contributed by atoms with Crippen LogP contribution in [0.4, 0.5) is 0 Å². The van der Waals surface area contributed by atoms with Crippen LogP contribution >= 0.6 is 0 Å². The van der Waals surface area contributed by atoms with Crippen molar-refractivity contribution in [2.45, 2.75) is 18.8 Å². The van der Waals surface area contributed by atoms with E-state index in [1.165, 1.54) is 0 Å². The van der Waals surface area contributed by atoms with Crippen LogP contribution in [0.3, 0.4) is 0 Å². The lowest BCUT2D eigenvalue weighted by atomic mass is 9.99. The summed E-state index contributed by atoms with van der Waals surface area (Å²) in [6.45, 7) is 0.184. The van der Waals surface area contributed by atoms with E-state index in [4.69, 9.17) is 4.74 Å². The Bertz CT molecular complexity index is 615. The highest BCUT2D eigenvalue weighted by Crippen LogP contribution is 2.27. The summed E-state index contributed by atoms with van der Waals surface area (Å²) in [5, 5.41) is 11.7. The SMILES string of the molecule is O=CN[C@@](CC(=O)O)(OCc1ccccc1)c1ccccc1. The van der Waals surface area contributed by atoms with Crippen LogP contribution < -0.4 is 5.32 Å². The third kappa shape index (κ3) is 3.93. The van der Waals surface area contributed by atoms with E-state index in [9.17, 15) is 14.7 Å². The normalized spacial score (nSPS) is 13.1. The quantitative estimate of drug-likeness (QED) is 0.579. The molecule has 0 unspecified atom stereocenters. The summed E-state index contributed by atoms with van der Waals surface area (Å²) in [5.74, 6) is -1.06. The number of aliphatic carboxylic acids is 1. The summed E-state index contributed by atoms with van der Waals surface area (Å²) in [5.41, 5.74) is 0.0753. The van der Waals surface area contributed by atoms with Gasteiger partial charge in [-0.15, -0.1) is 0 Å². The highest BCUT2D eigenvalue weighted by Gasteiger charge is 2.35. The summed E-state index contributed by atoms with van der Waals surface area (Å²) in [4.78, 5) is 22.2. The van der Waals surface area contributed by atoms with Gasteiger partial charge in [-0.05, 0) is 5.56 Å². The molecule has 0 aromatic heterocycles. The molecule has 0 spiro atoms. The minimum atomic E-state index is -1.40. The molecule has 0 saturated carbocycles. The van der Waals surface area contributed by atoms with Gasteiger partial charge in [0.05, 0.1) is 13.0 Å². The van der Waals surface area contributed by atoms with Gasteiger partial charge >= 0.3 is 5.97 Å². The smallest absolute Gasteiger partial charge is 0.308 e. The molecule has 0 fully saturated rings. The molecular weight excluding hydrogens is 282 g/mol. The first kappa shape index (κ1) is 15.7. The number of amides is 1. The van der Waals surface area contributed by atoms with Crippen LogP contribution in [-0.4, -0.2) is 17.5 Å². The zero-order valence-corrected chi connectivity index (χ0v) is 11.9. The molecule has 1 amide bonds. The van der Waals surface area contributed by atoms with Crippen molar-refractivity contribution >= 4 is 12.4 Å². The van der Waals surface area contributed by atoms with E-state index in [-0.39, 0.29) is 13.0 Å². The average molecular weight is 299 g/mol. The van der Waals surface area contributed by atoms with Crippen LogP contribution in [-0.2, 0) is 26.7 Å². The number of carboxylic acid groups (broad SMARTS) is 1. The van der Waals surface area contributed by atoms with Gasteiger partial charge in [-0.2, -0.15) is 0 Å². The fourth-order valence-corrected chi connectivity index (χ4v) is 2.21. The van der Waals surface area contributed by atoms with Gasteiger partial charge in [0.15, 0.2) is 5.72 Å². The Hall–Kier alpha value is -2.66. The van der Waals surface area contributed by atoms with Gasteiger partial charge in [0.2, 0.25) is 6.41 Å². The molecule has 5 nitrogen and oxygen atoms in total. The van der Waals surface area contributed by atoms with Crippen LogP contribution in [0, 0.1) is 0 Å². The van der Waals surface area contributed by atoms with E-state index in [2.05, 4.69) is 5.32 Å². The average Bonchev–Trinajstić information content (AvgIpc) is 2.54. The van der Waals surface area contributed by atoms with E-state index < -0.39 is 11.7 Å². The van der Waals surface area contributed by atoms with Crippen molar-refractivity contribution in [1.29, 1.82) is 0 Å². The van der Waals surface area contributed by atoms with Gasteiger partial charge in [0, 0.05) is 5.56 Å². The van der Waals surface area contributed by atoms with E-state index in [1.807, 2.05) is 36.4 Å². The van der Waals surface area contributed by atoms with Gasteiger partial charge in [0.25, 0.3) is 0 Å². The number of nitrogens with one attached hydrogen (secondary N) is 1. The molecule has 114 valence electrons. The maximum atomic E-state index is 11.2. The molecule has 0 aliphatic carbocycles. The third-order valence-electron chi connectivity index (χ3n) is 3.26. The van der Waals surface area contributed by atoms with Gasteiger partial charge in [-0.1, -0.05) is 60.7 Å². The lowest BCUT2D eigenvalue weighted by molar-refractivity contribution is -0.153. The van der Waals surface area contributed by atoms with Crippen molar-refractivity contribution in [3.63, 3.8) is 0 Å². The Morgan fingerprint density at radius 3 is 2.23 bits per heavy atom. The van der Waals surface area contributed by atoms with E-state index in [1.54, 1.807) is 24.3 Å². The summed E-state index contributed by atoms with van der Waals surface area (Å²) in [6.07, 6.45) is 0.0868. The Morgan fingerprint density at radius 1 is 1.09 bits per heavy atom. The number of hydrogen-bond acceptors (Lipinski definition) is 3. The molecule has 1 atom stereocenters. The zero-order chi connectivity index (χ0) is 15.8. The van der Waals surface area contributed by atoms with Crippen LogP contribution in [0.2, 0.25) is 0 Å². The molecule has 2 rings (SSSR count). The minimum Gasteiger partial charge on any atom is -0.481 e. The Morgan fingerprint density at radius 2 is 1.68 bits per heavy atom. The molecule has 0 aliphatic heterocycles. The maximum Gasteiger partial charge on any atom is 0.308 e. The first-order valence-electron chi connectivity index (χ1n) is 6.83. The molecule has 0 radical (unpaired) electrons. The molecule has 0 saturated heterocycles. The first-order valence-corrected chi connectivity index (χ1v) is 6.83. The van der Waals surface area contributed by atoms with Crippen molar-refractivity contribution in [2.24, 2.45) is 0 Å². The molecule has 22 heavy (non-hydrogen) atoms. The summed E-state index contributed by atoms with van der Waals surface area (Å²) in [7, 11) is 0. The molecule has 0 heterocycles. The molecule has 2 aromatic rings. The Balaban J connectivity index is 2.30. The topological polar surface area (TPSA) is 75.6 Å². The van der Waals surface area contributed by atoms with Crippen LogP contribution in [0.1, 0.15) is 17.5 Å². The van der Waals surface area contributed by atoms with Crippen LogP contribution in [0.25, 0.3) is 0 Å². The largest absolute Gasteiger partial charge is 0.481 e. The molecule has 0 aliphatic rings. The fourth-order valence-electron chi connectivity index (χ4n) is 2.21. The molecule has 5 heteroatoms. The van der Waals surface area contributed by atoms with E-state index >= 15 is 0 Å². The highest BCUT2D eigenvalue weighted by atomic mass is 16.5. The second-order valence-corrected chi connectivity index (χ2v) is 4.80. The van der Waals surface area contributed by atoms with Crippen molar-refractivity contribution in [2.75, 3.05) is 0 Å². The van der Waals surface area contributed by atoms with Crippen molar-refractivity contribution in [3.05, 3.63) is 71.8 Å². The number of carboxylic acids is 1. The predicted molar refractivity (Wildman–Crippen MR) is 80.8 cm³/mol. The van der Waals surface area contributed by atoms with Gasteiger partial charge in [0.1, 0.15) is 0 Å². The standard InChI is InChI=1S/C17H17NO4/c19-13-18-17(11-16(20)21,15-9-5-2-6-10-15)22-12-14-7-3-1-4-8-14/h1-10,13H,11-12H2,(H,18,19)(H,20,21)/t17-/m0/s1. The fraction of sp³-hybridized carbons (Fsp3) is 0.176. The van der Waals surface area contributed by atoms with Crippen molar-refractivity contribution < 1.29 is 19.4 Å². The molecule has 0 bridgehead atoms. The zero-order valence-electron chi connectivity index (χ0n) is 11.9. The van der Waals surface area contributed by atoms with Crippen molar-refractivity contribution in [3.8, 4) is 0 Å². The van der Waals surface area contributed by atoms with Gasteiger partial charge in [-0.25, -0.2) is 0 Å². The third-order valence-corrected chi connectivity index (χ3v) is 3.26. The second-order valence-electron chi connectivity index (χ2n) is 4.80. The number of benzene rings is 2. The maximum absolute atomic E-state index is 11.2. The highest BCUT2D eigenvalue weighted by molar-refractivity contribution is 5.69. The molecule has 2 aromatic carbocycles. The van der Waals surface area contributed by atoms with Gasteiger partial charge < -0.3 is 15.2 Å². The number of carbonyl (C=O) groups is 2. The number of hydrogen-bond donors (Lipinski definition) is 2. The number of ether oxygens (including phenoxy) is 1. The summed E-state index contributed by atoms with van der Waals surface area (Å²) >= 11 is 0. The molecular formula is C17H17NO4. The second kappa shape index (κ2) is 7.38.